The van der Waals surface area contributed by atoms with E-state index < -0.39 is 0 Å². The van der Waals surface area contributed by atoms with Gasteiger partial charge in [-0.25, -0.2) is 0 Å². The molecule has 1 unspecified atom stereocenters. The van der Waals surface area contributed by atoms with Gasteiger partial charge in [0.15, 0.2) is 0 Å². The summed E-state index contributed by atoms with van der Waals surface area (Å²) in [5, 5.41) is 14.2. The molecule has 3 N–H and O–H groups in total. The number of benzene rings is 1. The summed E-state index contributed by atoms with van der Waals surface area (Å²) in [5.74, 6) is -0.237. The van der Waals surface area contributed by atoms with E-state index in [-0.39, 0.29) is 11.9 Å². The monoisotopic (exact) mass is 294 g/mol. The first-order valence-corrected chi connectivity index (χ1v) is 6.52. The van der Waals surface area contributed by atoms with E-state index in [1.807, 2.05) is 6.92 Å². The normalized spacial score (nSPS) is 12.2. The molecule has 20 heavy (non-hydrogen) atoms. The molecule has 106 valence electrons. The number of nitrogens with zero attached hydrogens (tertiary/aromatic N) is 4. The average molecular weight is 295 g/mol. The smallest absolute Gasteiger partial charge is 0.253 e. The SMILES string of the molecule is CC(N)CCNC(=O)c1cc(Cl)ccc1-n1cnnn1. The summed E-state index contributed by atoms with van der Waals surface area (Å²) in [6, 6.07) is 4.99. The first-order chi connectivity index (χ1) is 9.58. The van der Waals surface area contributed by atoms with Crippen molar-refractivity contribution in [2.75, 3.05) is 6.54 Å². The number of nitrogens with one attached hydrogen (secondary N) is 1. The maximum atomic E-state index is 12.2. The third kappa shape index (κ3) is 3.52. The van der Waals surface area contributed by atoms with Crippen LogP contribution in [0.15, 0.2) is 24.5 Å². The van der Waals surface area contributed by atoms with Gasteiger partial charge in [0.05, 0.1) is 11.3 Å². The summed E-state index contributed by atoms with van der Waals surface area (Å²) in [7, 11) is 0. The van der Waals surface area contributed by atoms with Gasteiger partial charge >= 0.3 is 0 Å². The molecule has 0 radical (unpaired) electrons. The zero-order valence-corrected chi connectivity index (χ0v) is 11.7. The van der Waals surface area contributed by atoms with E-state index in [1.165, 1.54) is 11.0 Å². The van der Waals surface area contributed by atoms with Gasteiger partial charge in [-0.05, 0) is 42.0 Å². The fraction of sp³-hybridized carbons (Fsp3) is 0.333. The van der Waals surface area contributed by atoms with Gasteiger partial charge in [0.1, 0.15) is 6.33 Å². The molecule has 2 rings (SSSR count). The summed E-state index contributed by atoms with van der Waals surface area (Å²) in [6.07, 6.45) is 2.12. The molecule has 0 saturated carbocycles. The molecule has 0 aliphatic heterocycles. The summed E-state index contributed by atoms with van der Waals surface area (Å²) in [4.78, 5) is 12.2. The van der Waals surface area contributed by atoms with Gasteiger partial charge in [-0.1, -0.05) is 11.6 Å². The summed E-state index contributed by atoms with van der Waals surface area (Å²) >= 11 is 5.95. The van der Waals surface area contributed by atoms with E-state index in [0.717, 1.165) is 0 Å². The van der Waals surface area contributed by atoms with Gasteiger partial charge < -0.3 is 11.1 Å². The number of tetrazole rings is 1. The first-order valence-electron chi connectivity index (χ1n) is 6.14. The van der Waals surface area contributed by atoms with Gasteiger partial charge in [-0.3, -0.25) is 4.79 Å². The molecular formula is C12H15ClN6O. The van der Waals surface area contributed by atoms with Crippen LogP contribution in [0.4, 0.5) is 0 Å². The lowest BCUT2D eigenvalue weighted by Gasteiger charge is -2.11. The molecule has 1 atom stereocenters. The van der Waals surface area contributed by atoms with Crippen molar-refractivity contribution in [3.05, 3.63) is 35.1 Å². The standard InChI is InChI=1S/C12H15ClN6O/c1-8(14)4-5-15-12(20)10-6-9(13)2-3-11(10)19-7-16-17-18-19/h2-3,6-8H,4-5,14H2,1H3,(H,15,20). The molecule has 0 saturated heterocycles. The minimum absolute atomic E-state index is 0.0358. The Morgan fingerprint density at radius 3 is 3.00 bits per heavy atom. The molecule has 1 aromatic carbocycles. The van der Waals surface area contributed by atoms with Crippen LogP contribution in [0, 0.1) is 0 Å². The molecule has 2 aromatic rings. The van der Waals surface area contributed by atoms with Crippen LogP contribution in [-0.2, 0) is 0 Å². The number of halogens is 1. The zero-order valence-electron chi connectivity index (χ0n) is 11.0. The van der Waals surface area contributed by atoms with Crippen molar-refractivity contribution in [3.63, 3.8) is 0 Å². The van der Waals surface area contributed by atoms with Crippen LogP contribution >= 0.6 is 11.6 Å². The maximum Gasteiger partial charge on any atom is 0.253 e. The summed E-state index contributed by atoms with van der Waals surface area (Å²) in [5.41, 5.74) is 6.62. The fourth-order valence-corrected chi connectivity index (χ4v) is 1.84. The van der Waals surface area contributed by atoms with Crippen LogP contribution in [-0.4, -0.2) is 38.7 Å². The average Bonchev–Trinajstić information content (AvgIpc) is 2.91. The van der Waals surface area contributed by atoms with E-state index in [2.05, 4.69) is 20.8 Å². The van der Waals surface area contributed by atoms with Crippen LogP contribution < -0.4 is 11.1 Å². The van der Waals surface area contributed by atoms with Crippen molar-refractivity contribution >= 4 is 17.5 Å². The Bertz CT molecular complexity index is 584. The molecule has 0 bridgehead atoms. The predicted octanol–water partition coefficient (Wildman–Crippen LogP) is 0.783. The molecule has 0 spiro atoms. The molecule has 8 heteroatoms. The molecule has 7 nitrogen and oxygen atoms in total. The van der Waals surface area contributed by atoms with Crippen molar-refractivity contribution in [1.82, 2.24) is 25.5 Å². The highest BCUT2D eigenvalue weighted by atomic mass is 35.5. The van der Waals surface area contributed by atoms with E-state index in [1.54, 1.807) is 18.2 Å². The first kappa shape index (κ1) is 14.4. The topological polar surface area (TPSA) is 98.7 Å². The Morgan fingerprint density at radius 1 is 1.55 bits per heavy atom. The van der Waals surface area contributed by atoms with E-state index >= 15 is 0 Å². The highest BCUT2D eigenvalue weighted by Crippen LogP contribution is 2.18. The largest absolute Gasteiger partial charge is 0.352 e. The van der Waals surface area contributed by atoms with Crippen LogP contribution in [0.25, 0.3) is 5.69 Å². The second-order valence-corrected chi connectivity index (χ2v) is 4.87. The van der Waals surface area contributed by atoms with Crippen LogP contribution in [0.5, 0.6) is 0 Å². The number of amides is 1. The number of nitrogens with two attached hydrogens (primary N) is 1. The Kier molecular flexibility index (Phi) is 4.65. The number of rotatable bonds is 5. The van der Waals surface area contributed by atoms with E-state index in [0.29, 0.717) is 29.2 Å². The fourth-order valence-electron chi connectivity index (χ4n) is 1.67. The molecule has 1 aromatic heterocycles. The van der Waals surface area contributed by atoms with Crippen molar-refractivity contribution in [2.24, 2.45) is 5.73 Å². The molecule has 1 heterocycles. The van der Waals surface area contributed by atoms with Crippen molar-refractivity contribution in [2.45, 2.75) is 19.4 Å². The number of hydrogen-bond acceptors (Lipinski definition) is 5. The molecular weight excluding hydrogens is 280 g/mol. The minimum atomic E-state index is -0.237. The van der Waals surface area contributed by atoms with Crippen LogP contribution in [0.3, 0.4) is 0 Å². The second kappa shape index (κ2) is 6.44. The van der Waals surface area contributed by atoms with Crippen LogP contribution in [0.2, 0.25) is 5.02 Å². The predicted molar refractivity (Wildman–Crippen MR) is 74.8 cm³/mol. The summed E-state index contributed by atoms with van der Waals surface area (Å²) in [6.45, 7) is 2.39. The quantitative estimate of drug-likeness (QED) is 0.849. The molecule has 1 amide bonds. The van der Waals surface area contributed by atoms with Gasteiger partial charge in [-0.15, -0.1) is 5.10 Å². The lowest BCUT2D eigenvalue weighted by atomic mass is 10.1. The number of aromatic nitrogens is 4. The Morgan fingerprint density at radius 2 is 2.35 bits per heavy atom. The Balaban J connectivity index is 2.21. The minimum Gasteiger partial charge on any atom is -0.352 e. The number of hydrogen-bond donors (Lipinski definition) is 2. The summed E-state index contributed by atoms with van der Waals surface area (Å²) < 4.78 is 1.41. The van der Waals surface area contributed by atoms with E-state index in [9.17, 15) is 4.79 Å². The third-order valence-corrected chi connectivity index (χ3v) is 2.92. The van der Waals surface area contributed by atoms with Gasteiger partial charge in [-0.2, -0.15) is 4.68 Å². The molecule has 0 fully saturated rings. The number of carbonyl (C=O) groups is 1. The van der Waals surface area contributed by atoms with Gasteiger partial charge in [0.2, 0.25) is 0 Å². The van der Waals surface area contributed by atoms with Crippen molar-refractivity contribution < 1.29 is 4.79 Å². The Labute approximate surface area is 121 Å². The highest BCUT2D eigenvalue weighted by Gasteiger charge is 2.14. The Hall–Kier alpha value is -1.99. The second-order valence-electron chi connectivity index (χ2n) is 4.44. The van der Waals surface area contributed by atoms with E-state index in [4.69, 9.17) is 17.3 Å². The molecule has 0 aliphatic rings. The van der Waals surface area contributed by atoms with Crippen molar-refractivity contribution in [3.8, 4) is 5.69 Å². The number of carbonyl (C=O) groups excluding carboxylic acids is 1. The molecule has 0 aliphatic carbocycles. The van der Waals surface area contributed by atoms with Gasteiger partial charge in [0.25, 0.3) is 5.91 Å². The van der Waals surface area contributed by atoms with Gasteiger partial charge in [0, 0.05) is 17.6 Å². The van der Waals surface area contributed by atoms with Crippen molar-refractivity contribution in [1.29, 1.82) is 0 Å². The highest BCUT2D eigenvalue weighted by molar-refractivity contribution is 6.31. The zero-order chi connectivity index (χ0) is 14.5. The lowest BCUT2D eigenvalue weighted by molar-refractivity contribution is 0.0952. The van der Waals surface area contributed by atoms with Crippen LogP contribution in [0.1, 0.15) is 23.7 Å². The maximum absolute atomic E-state index is 12.2. The third-order valence-electron chi connectivity index (χ3n) is 2.68. The lowest BCUT2D eigenvalue weighted by Crippen LogP contribution is -2.29.